The topological polar surface area (TPSA) is 62.9 Å². The van der Waals surface area contributed by atoms with Crippen LogP contribution in [-0.4, -0.2) is 24.8 Å². The molecule has 1 aliphatic heterocycles. The van der Waals surface area contributed by atoms with Crippen molar-refractivity contribution in [1.29, 1.82) is 0 Å². The Bertz CT molecular complexity index is 777. The van der Waals surface area contributed by atoms with E-state index in [1.165, 1.54) is 5.56 Å². The number of nitrogens with zero attached hydrogens (tertiary/aromatic N) is 2. The summed E-state index contributed by atoms with van der Waals surface area (Å²) in [6.45, 7) is 2.10. The Labute approximate surface area is 130 Å². The number of furan rings is 1. The van der Waals surface area contributed by atoms with Crippen molar-refractivity contribution >= 4 is 15.7 Å². The standard InChI is InChI=1S/C16H18N2O3S/c1-3-12-6-8-13(9-7-12)14-11-15(16-5-4-10-21-16)18(17-14)22(2,19)20/h4-10,15H,3,11H2,1-2H3/t15-/m0/s1. The molecule has 1 atom stereocenters. The first-order valence-corrected chi connectivity index (χ1v) is 9.03. The monoisotopic (exact) mass is 318 g/mol. The Hall–Kier alpha value is -2.08. The second kappa shape index (κ2) is 5.61. The summed E-state index contributed by atoms with van der Waals surface area (Å²) in [5, 5.41) is 4.32. The van der Waals surface area contributed by atoms with Crippen molar-refractivity contribution in [2.75, 3.05) is 6.26 Å². The summed E-state index contributed by atoms with van der Waals surface area (Å²) in [7, 11) is -3.45. The normalized spacial score (nSPS) is 18.5. The van der Waals surface area contributed by atoms with Gasteiger partial charge in [-0.15, -0.1) is 0 Å². The summed E-state index contributed by atoms with van der Waals surface area (Å²) < 4.78 is 30.5. The summed E-state index contributed by atoms with van der Waals surface area (Å²) in [4.78, 5) is 0. The van der Waals surface area contributed by atoms with Gasteiger partial charge in [-0.3, -0.25) is 0 Å². The molecule has 116 valence electrons. The first-order chi connectivity index (χ1) is 10.5. The summed E-state index contributed by atoms with van der Waals surface area (Å²) in [5.74, 6) is 0.606. The summed E-state index contributed by atoms with van der Waals surface area (Å²) in [6.07, 6.45) is 4.18. The minimum atomic E-state index is -3.45. The smallest absolute Gasteiger partial charge is 0.247 e. The van der Waals surface area contributed by atoms with Crippen molar-refractivity contribution in [2.24, 2.45) is 5.10 Å². The maximum atomic E-state index is 12.0. The van der Waals surface area contributed by atoms with Crippen LogP contribution in [0.2, 0.25) is 0 Å². The highest BCUT2D eigenvalue weighted by atomic mass is 32.2. The average Bonchev–Trinajstić information content (AvgIpc) is 3.15. The fourth-order valence-corrected chi connectivity index (χ4v) is 3.48. The first kappa shape index (κ1) is 14.8. The number of hydrazone groups is 1. The van der Waals surface area contributed by atoms with Gasteiger partial charge >= 0.3 is 0 Å². The predicted molar refractivity (Wildman–Crippen MR) is 85.1 cm³/mol. The van der Waals surface area contributed by atoms with Gasteiger partial charge in [0.2, 0.25) is 10.0 Å². The van der Waals surface area contributed by atoms with Crippen LogP contribution in [0.25, 0.3) is 0 Å². The van der Waals surface area contributed by atoms with E-state index in [9.17, 15) is 8.42 Å². The number of sulfonamides is 1. The molecule has 0 fully saturated rings. The lowest BCUT2D eigenvalue weighted by atomic mass is 10.0. The molecule has 1 aliphatic rings. The molecule has 3 rings (SSSR count). The predicted octanol–water partition coefficient (Wildman–Crippen LogP) is 2.95. The van der Waals surface area contributed by atoms with E-state index in [4.69, 9.17) is 4.42 Å². The van der Waals surface area contributed by atoms with E-state index in [2.05, 4.69) is 12.0 Å². The number of aryl methyl sites for hydroxylation is 1. The lowest BCUT2D eigenvalue weighted by Gasteiger charge is -2.18. The quantitative estimate of drug-likeness (QED) is 0.870. The van der Waals surface area contributed by atoms with E-state index in [0.717, 1.165) is 28.4 Å². The molecule has 2 aromatic rings. The van der Waals surface area contributed by atoms with Gasteiger partial charge in [-0.05, 0) is 29.7 Å². The van der Waals surface area contributed by atoms with Crippen LogP contribution in [0.5, 0.6) is 0 Å². The van der Waals surface area contributed by atoms with Crippen LogP contribution in [-0.2, 0) is 16.4 Å². The fraction of sp³-hybridized carbons (Fsp3) is 0.312. The van der Waals surface area contributed by atoms with Crippen LogP contribution < -0.4 is 0 Å². The van der Waals surface area contributed by atoms with E-state index >= 15 is 0 Å². The third kappa shape index (κ3) is 2.78. The molecule has 0 unspecified atom stereocenters. The maximum Gasteiger partial charge on any atom is 0.247 e. The lowest BCUT2D eigenvalue weighted by Crippen LogP contribution is -2.25. The van der Waals surface area contributed by atoms with Gasteiger partial charge in [0.15, 0.2) is 0 Å². The van der Waals surface area contributed by atoms with E-state index in [0.29, 0.717) is 12.2 Å². The van der Waals surface area contributed by atoms with Crippen molar-refractivity contribution < 1.29 is 12.8 Å². The SMILES string of the molecule is CCc1ccc(C2=NN(S(C)(=O)=O)[C@H](c3ccco3)C2)cc1. The Morgan fingerprint density at radius 3 is 2.55 bits per heavy atom. The minimum Gasteiger partial charge on any atom is -0.467 e. The zero-order chi connectivity index (χ0) is 15.7. The Balaban J connectivity index is 1.96. The molecule has 0 saturated carbocycles. The molecule has 1 aromatic heterocycles. The van der Waals surface area contributed by atoms with Crippen LogP contribution in [0, 0.1) is 0 Å². The van der Waals surface area contributed by atoms with Crippen LogP contribution in [0.15, 0.2) is 52.2 Å². The molecule has 2 heterocycles. The minimum absolute atomic E-state index is 0.411. The Morgan fingerprint density at radius 1 is 1.27 bits per heavy atom. The Kier molecular flexibility index (Phi) is 3.78. The number of benzene rings is 1. The second-order valence-electron chi connectivity index (χ2n) is 5.37. The molecular formula is C16H18N2O3S. The molecule has 0 N–H and O–H groups in total. The zero-order valence-electron chi connectivity index (χ0n) is 12.6. The highest BCUT2D eigenvalue weighted by Gasteiger charge is 2.36. The molecule has 0 radical (unpaired) electrons. The van der Waals surface area contributed by atoms with Gasteiger partial charge in [0.1, 0.15) is 11.8 Å². The molecule has 1 aromatic carbocycles. The zero-order valence-corrected chi connectivity index (χ0v) is 13.4. The molecule has 22 heavy (non-hydrogen) atoms. The van der Waals surface area contributed by atoms with Gasteiger partial charge in [-0.2, -0.15) is 9.52 Å². The molecular weight excluding hydrogens is 300 g/mol. The molecule has 0 aliphatic carbocycles. The van der Waals surface area contributed by atoms with Gasteiger partial charge in [0, 0.05) is 6.42 Å². The molecule has 0 spiro atoms. The van der Waals surface area contributed by atoms with Crippen molar-refractivity contribution in [3.8, 4) is 0 Å². The highest BCUT2D eigenvalue weighted by molar-refractivity contribution is 7.88. The third-order valence-corrected chi connectivity index (χ3v) is 4.80. The van der Waals surface area contributed by atoms with Crippen LogP contribution in [0.3, 0.4) is 0 Å². The molecule has 0 bridgehead atoms. The second-order valence-corrected chi connectivity index (χ2v) is 7.21. The maximum absolute atomic E-state index is 12.0. The molecule has 6 heteroatoms. The molecule has 0 saturated heterocycles. The van der Waals surface area contributed by atoms with E-state index in [-0.39, 0.29) is 0 Å². The van der Waals surface area contributed by atoms with Crippen LogP contribution >= 0.6 is 0 Å². The number of hydrogen-bond donors (Lipinski definition) is 0. The largest absolute Gasteiger partial charge is 0.467 e. The van der Waals surface area contributed by atoms with E-state index < -0.39 is 16.1 Å². The third-order valence-electron chi connectivity index (χ3n) is 3.78. The van der Waals surface area contributed by atoms with E-state index in [1.54, 1.807) is 18.4 Å². The fourth-order valence-electron chi connectivity index (χ4n) is 2.59. The average molecular weight is 318 g/mol. The van der Waals surface area contributed by atoms with Gasteiger partial charge < -0.3 is 4.42 Å². The number of hydrogen-bond acceptors (Lipinski definition) is 4. The summed E-state index contributed by atoms with van der Waals surface area (Å²) >= 11 is 0. The lowest BCUT2D eigenvalue weighted by molar-refractivity contribution is 0.322. The van der Waals surface area contributed by atoms with E-state index in [1.807, 2.05) is 24.3 Å². The van der Waals surface area contributed by atoms with Gasteiger partial charge in [-0.25, -0.2) is 8.42 Å². The van der Waals surface area contributed by atoms with Crippen molar-refractivity contribution in [3.63, 3.8) is 0 Å². The summed E-state index contributed by atoms with van der Waals surface area (Å²) in [5.41, 5.74) is 2.94. The first-order valence-electron chi connectivity index (χ1n) is 7.18. The number of rotatable bonds is 4. The molecule has 0 amide bonds. The van der Waals surface area contributed by atoms with Gasteiger partial charge in [-0.1, -0.05) is 31.2 Å². The van der Waals surface area contributed by atoms with Crippen molar-refractivity contribution in [3.05, 3.63) is 59.5 Å². The highest BCUT2D eigenvalue weighted by Crippen LogP contribution is 2.34. The summed E-state index contributed by atoms with van der Waals surface area (Å²) in [6, 6.07) is 11.2. The van der Waals surface area contributed by atoms with Crippen LogP contribution in [0.1, 0.15) is 36.3 Å². The van der Waals surface area contributed by atoms with Crippen molar-refractivity contribution in [2.45, 2.75) is 25.8 Å². The Morgan fingerprint density at radius 2 is 2.00 bits per heavy atom. The van der Waals surface area contributed by atoms with Gasteiger partial charge in [0.25, 0.3) is 0 Å². The molecule has 5 nitrogen and oxygen atoms in total. The van der Waals surface area contributed by atoms with Crippen LogP contribution in [0.4, 0.5) is 0 Å². The van der Waals surface area contributed by atoms with Crippen molar-refractivity contribution in [1.82, 2.24) is 4.41 Å². The van der Waals surface area contributed by atoms with Gasteiger partial charge in [0.05, 0.1) is 18.2 Å².